The molecule has 0 aromatic carbocycles. The fourth-order valence-electron chi connectivity index (χ4n) is 2.24. The fraction of sp³-hybridized carbons (Fsp3) is 0.727. The van der Waals surface area contributed by atoms with Crippen molar-refractivity contribution in [2.45, 2.75) is 44.4 Å². The molecule has 1 unspecified atom stereocenters. The van der Waals surface area contributed by atoms with Crippen LogP contribution in [0.4, 0.5) is 0 Å². The number of carbonyl (C=O) groups is 1. The summed E-state index contributed by atoms with van der Waals surface area (Å²) in [4.78, 5) is 12.3. The Bertz CT molecular complexity index is 535. The summed E-state index contributed by atoms with van der Waals surface area (Å²) in [5.41, 5.74) is 0.312. The molecular formula is C11H17N3O3S. The highest BCUT2D eigenvalue weighted by Gasteiger charge is 2.36. The molecule has 1 fully saturated rings. The Morgan fingerprint density at radius 1 is 1.50 bits per heavy atom. The van der Waals surface area contributed by atoms with Gasteiger partial charge in [0.05, 0.1) is 11.9 Å². The number of hydrogen-bond donors (Lipinski definition) is 0. The number of Topliss-reactive ketones (excluding diaryl/α,β-unsaturated/α-hetero) is 1. The predicted octanol–water partition coefficient (Wildman–Crippen LogP) is 0.838. The maximum atomic E-state index is 12.3. The Labute approximate surface area is 106 Å². The van der Waals surface area contributed by atoms with Gasteiger partial charge in [0, 0.05) is 6.54 Å². The van der Waals surface area contributed by atoms with Gasteiger partial charge in [0.1, 0.15) is 10.9 Å². The Kier molecular flexibility index (Phi) is 3.79. The lowest BCUT2D eigenvalue weighted by molar-refractivity contribution is 0.0971. The minimum absolute atomic E-state index is 0.110. The smallest absolute Gasteiger partial charge is 0.200 e. The van der Waals surface area contributed by atoms with Crippen molar-refractivity contribution in [2.24, 2.45) is 0 Å². The molecule has 0 amide bonds. The molecule has 0 saturated carbocycles. The van der Waals surface area contributed by atoms with Crippen LogP contribution in [0.25, 0.3) is 0 Å². The van der Waals surface area contributed by atoms with E-state index >= 15 is 0 Å². The maximum absolute atomic E-state index is 12.3. The van der Waals surface area contributed by atoms with Crippen LogP contribution in [0.15, 0.2) is 6.20 Å². The van der Waals surface area contributed by atoms with E-state index in [-0.39, 0.29) is 11.5 Å². The number of aromatic nitrogens is 3. The topological polar surface area (TPSA) is 81.9 Å². The molecule has 1 aromatic rings. The van der Waals surface area contributed by atoms with Gasteiger partial charge in [-0.1, -0.05) is 18.6 Å². The van der Waals surface area contributed by atoms with Crippen LogP contribution in [-0.2, 0) is 16.4 Å². The number of carbonyl (C=O) groups excluding carboxylic acids is 1. The van der Waals surface area contributed by atoms with Crippen molar-refractivity contribution < 1.29 is 13.2 Å². The molecule has 7 heteroatoms. The zero-order chi connectivity index (χ0) is 13.2. The van der Waals surface area contributed by atoms with Crippen LogP contribution in [-0.4, -0.2) is 40.2 Å². The van der Waals surface area contributed by atoms with Crippen molar-refractivity contribution in [3.63, 3.8) is 0 Å². The van der Waals surface area contributed by atoms with Gasteiger partial charge in [-0.3, -0.25) is 4.79 Å². The summed E-state index contributed by atoms with van der Waals surface area (Å²) in [6.45, 7) is 2.54. The highest BCUT2D eigenvalue weighted by molar-refractivity contribution is 7.92. The summed E-state index contributed by atoms with van der Waals surface area (Å²) < 4.78 is 25.3. The Balaban J connectivity index is 2.27. The second-order valence-corrected chi connectivity index (χ2v) is 6.86. The van der Waals surface area contributed by atoms with Gasteiger partial charge in [-0.2, -0.15) is 0 Å². The minimum Gasteiger partial charge on any atom is -0.291 e. The van der Waals surface area contributed by atoms with Crippen LogP contribution in [0, 0.1) is 0 Å². The molecule has 2 heterocycles. The first-order valence-corrected chi connectivity index (χ1v) is 7.92. The van der Waals surface area contributed by atoms with E-state index in [1.54, 1.807) is 0 Å². The second kappa shape index (κ2) is 5.17. The first kappa shape index (κ1) is 13.2. The van der Waals surface area contributed by atoms with Crippen LogP contribution < -0.4 is 0 Å². The van der Waals surface area contributed by atoms with Gasteiger partial charge in [-0.05, 0) is 19.3 Å². The molecule has 6 nitrogen and oxygen atoms in total. The summed E-state index contributed by atoms with van der Waals surface area (Å²) in [5, 5.41) is 6.62. The van der Waals surface area contributed by atoms with E-state index in [9.17, 15) is 13.2 Å². The van der Waals surface area contributed by atoms with Crippen molar-refractivity contribution >= 4 is 15.6 Å². The lowest BCUT2D eigenvalue weighted by Crippen LogP contribution is -2.36. The minimum atomic E-state index is -3.30. The Morgan fingerprint density at radius 3 is 2.94 bits per heavy atom. The van der Waals surface area contributed by atoms with E-state index in [0.29, 0.717) is 25.1 Å². The van der Waals surface area contributed by atoms with E-state index in [2.05, 4.69) is 10.3 Å². The Morgan fingerprint density at radius 2 is 2.28 bits per heavy atom. The first-order valence-electron chi connectivity index (χ1n) is 6.20. The molecule has 1 aromatic heterocycles. The zero-order valence-corrected chi connectivity index (χ0v) is 11.2. The predicted molar refractivity (Wildman–Crippen MR) is 66.1 cm³/mol. The third-order valence-electron chi connectivity index (χ3n) is 3.18. The highest BCUT2D eigenvalue weighted by Crippen LogP contribution is 2.22. The molecule has 0 aliphatic carbocycles. The zero-order valence-electron chi connectivity index (χ0n) is 10.4. The average molecular weight is 271 g/mol. The molecular weight excluding hydrogens is 254 g/mol. The van der Waals surface area contributed by atoms with Gasteiger partial charge >= 0.3 is 0 Å². The van der Waals surface area contributed by atoms with Crippen LogP contribution in [0.5, 0.6) is 0 Å². The van der Waals surface area contributed by atoms with E-state index in [4.69, 9.17) is 0 Å². The fourth-order valence-corrected chi connectivity index (χ4v) is 4.10. The van der Waals surface area contributed by atoms with E-state index < -0.39 is 15.1 Å². The number of sulfone groups is 1. The number of ketones is 1. The molecule has 1 aliphatic rings. The molecule has 1 aliphatic heterocycles. The number of rotatable bonds is 4. The second-order valence-electron chi connectivity index (χ2n) is 4.56. The third-order valence-corrected chi connectivity index (χ3v) is 5.35. The molecule has 18 heavy (non-hydrogen) atoms. The SMILES string of the molecule is CCCn1nncc1C(=O)C1CCCCS1(=O)=O. The van der Waals surface area contributed by atoms with Crippen molar-refractivity contribution in [3.8, 4) is 0 Å². The van der Waals surface area contributed by atoms with E-state index in [0.717, 1.165) is 12.8 Å². The summed E-state index contributed by atoms with van der Waals surface area (Å²) in [5.74, 6) is -0.244. The van der Waals surface area contributed by atoms with Crippen LogP contribution in [0.2, 0.25) is 0 Å². The van der Waals surface area contributed by atoms with Crippen LogP contribution in [0.1, 0.15) is 43.1 Å². The first-order chi connectivity index (χ1) is 8.56. The Hall–Kier alpha value is -1.24. The third kappa shape index (κ3) is 2.45. The normalized spacial score (nSPS) is 22.8. The average Bonchev–Trinajstić information content (AvgIpc) is 2.76. The number of aryl methyl sites for hydroxylation is 1. The molecule has 2 rings (SSSR count). The lowest BCUT2D eigenvalue weighted by atomic mass is 10.1. The van der Waals surface area contributed by atoms with Gasteiger partial charge < -0.3 is 0 Å². The quantitative estimate of drug-likeness (QED) is 0.758. The van der Waals surface area contributed by atoms with Gasteiger partial charge in [0.25, 0.3) is 0 Å². The standard InChI is InChI=1S/C11H17N3O3S/c1-2-6-14-9(8-12-13-14)11(15)10-5-3-4-7-18(10,16)17/h8,10H,2-7H2,1H3. The van der Waals surface area contributed by atoms with Crippen LogP contribution in [0.3, 0.4) is 0 Å². The van der Waals surface area contributed by atoms with Crippen molar-refractivity contribution in [2.75, 3.05) is 5.75 Å². The van der Waals surface area contributed by atoms with Gasteiger partial charge in [0.2, 0.25) is 5.78 Å². The summed E-state index contributed by atoms with van der Waals surface area (Å²) in [6.07, 6.45) is 4.03. The van der Waals surface area contributed by atoms with Crippen LogP contribution >= 0.6 is 0 Å². The molecule has 1 atom stereocenters. The molecule has 100 valence electrons. The monoisotopic (exact) mass is 271 g/mol. The molecule has 0 spiro atoms. The highest BCUT2D eigenvalue weighted by atomic mass is 32.2. The maximum Gasteiger partial charge on any atom is 0.200 e. The van der Waals surface area contributed by atoms with Gasteiger partial charge in [-0.25, -0.2) is 13.1 Å². The molecule has 0 N–H and O–H groups in total. The van der Waals surface area contributed by atoms with Gasteiger partial charge in [-0.15, -0.1) is 5.10 Å². The number of nitrogens with zero attached hydrogens (tertiary/aromatic N) is 3. The number of hydrogen-bond acceptors (Lipinski definition) is 5. The van der Waals surface area contributed by atoms with Crippen molar-refractivity contribution in [1.82, 2.24) is 15.0 Å². The van der Waals surface area contributed by atoms with Gasteiger partial charge in [0.15, 0.2) is 9.84 Å². The van der Waals surface area contributed by atoms with Crippen molar-refractivity contribution in [3.05, 3.63) is 11.9 Å². The lowest BCUT2D eigenvalue weighted by Gasteiger charge is -2.20. The summed E-state index contributed by atoms with van der Waals surface area (Å²) in [6, 6.07) is 0. The molecule has 0 radical (unpaired) electrons. The van der Waals surface area contributed by atoms with Crippen molar-refractivity contribution in [1.29, 1.82) is 0 Å². The van der Waals surface area contributed by atoms with E-state index in [1.807, 2.05) is 6.92 Å². The van der Waals surface area contributed by atoms with E-state index in [1.165, 1.54) is 10.9 Å². The molecule has 1 saturated heterocycles. The molecule has 0 bridgehead atoms. The largest absolute Gasteiger partial charge is 0.291 e. The summed E-state index contributed by atoms with van der Waals surface area (Å²) >= 11 is 0. The summed E-state index contributed by atoms with van der Waals surface area (Å²) in [7, 11) is -3.30.